The summed E-state index contributed by atoms with van der Waals surface area (Å²) in [5.74, 6) is -0.705. The molecule has 1 aromatic carbocycles. The van der Waals surface area contributed by atoms with Gasteiger partial charge in [0, 0.05) is 6.54 Å². The molecule has 5 nitrogen and oxygen atoms in total. The molecule has 0 radical (unpaired) electrons. The Labute approximate surface area is 125 Å². The summed E-state index contributed by atoms with van der Waals surface area (Å²) in [5, 5.41) is 19.9. The number of β-amino-alcohol motifs (C(OH)–C–C–N with tert-alkyl or cyclic N) is 1. The number of likely N-dealkylation sites (tertiary alicyclic amines) is 1. The van der Waals surface area contributed by atoms with E-state index in [2.05, 4.69) is 4.90 Å². The molecule has 116 valence electrons. The van der Waals surface area contributed by atoms with E-state index in [1.54, 1.807) is 0 Å². The molecule has 2 rings (SSSR count). The van der Waals surface area contributed by atoms with Crippen molar-refractivity contribution in [3.8, 4) is 0 Å². The smallest absolute Gasteiger partial charge is 0.246 e. The lowest BCUT2D eigenvalue weighted by Crippen LogP contribution is -2.43. The molecule has 0 aliphatic carbocycles. The van der Waals surface area contributed by atoms with E-state index in [1.807, 2.05) is 31.2 Å². The van der Waals surface area contributed by atoms with Crippen molar-refractivity contribution in [1.29, 1.82) is 0 Å². The van der Waals surface area contributed by atoms with Gasteiger partial charge in [0.05, 0.1) is 6.10 Å². The summed E-state index contributed by atoms with van der Waals surface area (Å²) in [6.07, 6.45) is -0.104. The van der Waals surface area contributed by atoms with E-state index in [4.69, 9.17) is 5.73 Å². The number of piperidine rings is 1. The van der Waals surface area contributed by atoms with E-state index in [0.29, 0.717) is 6.54 Å². The average molecular weight is 292 g/mol. The molecule has 1 fully saturated rings. The van der Waals surface area contributed by atoms with Crippen molar-refractivity contribution in [3.05, 3.63) is 35.4 Å². The predicted molar refractivity (Wildman–Crippen MR) is 80.5 cm³/mol. The fraction of sp³-hybridized carbons (Fsp3) is 0.562. The number of amides is 1. The first-order valence-electron chi connectivity index (χ1n) is 7.41. The summed E-state index contributed by atoms with van der Waals surface area (Å²) in [6.45, 7) is 4.11. The standard InChI is InChI=1S/C16H24N2O3/c1-11-2-4-12(5-3-11)14(19)10-18-8-6-13(7-9-18)15(20)16(17)21/h2-5,13-15,19-20H,6-10H2,1H3,(H2,17,21)/t14-,15-/m1/s1. The zero-order valence-electron chi connectivity index (χ0n) is 12.4. The van der Waals surface area contributed by atoms with Gasteiger partial charge in [-0.2, -0.15) is 0 Å². The fourth-order valence-corrected chi connectivity index (χ4v) is 2.82. The van der Waals surface area contributed by atoms with Crippen molar-refractivity contribution in [2.24, 2.45) is 11.7 Å². The van der Waals surface area contributed by atoms with Gasteiger partial charge in [-0.25, -0.2) is 0 Å². The van der Waals surface area contributed by atoms with Gasteiger partial charge in [0.1, 0.15) is 6.10 Å². The molecule has 0 saturated carbocycles. The maximum atomic E-state index is 11.0. The molecule has 4 N–H and O–H groups in total. The topological polar surface area (TPSA) is 86.8 Å². The van der Waals surface area contributed by atoms with Gasteiger partial charge in [-0.05, 0) is 44.3 Å². The van der Waals surface area contributed by atoms with E-state index >= 15 is 0 Å². The lowest BCUT2D eigenvalue weighted by molar-refractivity contribution is -0.129. The van der Waals surface area contributed by atoms with Gasteiger partial charge < -0.3 is 20.8 Å². The molecular weight excluding hydrogens is 268 g/mol. The Morgan fingerprint density at radius 3 is 2.38 bits per heavy atom. The van der Waals surface area contributed by atoms with E-state index in [0.717, 1.165) is 31.5 Å². The number of rotatable bonds is 5. The van der Waals surface area contributed by atoms with Crippen LogP contribution in [0.2, 0.25) is 0 Å². The molecule has 5 heteroatoms. The second-order valence-corrected chi connectivity index (χ2v) is 5.91. The van der Waals surface area contributed by atoms with Crippen molar-refractivity contribution in [2.75, 3.05) is 19.6 Å². The number of hydrogen-bond donors (Lipinski definition) is 3. The van der Waals surface area contributed by atoms with Crippen LogP contribution in [0.1, 0.15) is 30.1 Å². The van der Waals surface area contributed by atoms with Crippen molar-refractivity contribution in [2.45, 2.75) is 32.0 Å². The minimum absolute atomic E-state index is 0.0599. The molecular formula is C16H24N2O3. The molecule has 21 heavy (non-hydrogen) atoms. The first-order valence-corrected chi connectivity index (χ1v) is 7.41. The van der Waals surface area contributed by atoms with Gasteiger partial charge in [-0.3, -0.25) is 4.79 Å². The van der Waals surface area contributed by atoms with E-state index in [1.165, 1.54) is 5.56 Å². The van der Waals surface area contributed by atoms with Crippen molar-refractivity contribution < 1.29 is 15.0 Å². The number of benzene rings is 1. The summed E-state index contributed by atoms with van der Waals surface area (Å²) in [6, 6.07) is 7.88. The zero-order valence-corrected chi connectivity index (χ0v) is 12.4. The summed E-state index contributed by atoms with van der Waals surface area (Å²) in [4.78, 5) is 13.2. The number of aliphatic hydroxyl groups excluding tert-OH is 2. The largest absolute Gasteiger partial charge is 0.387 e. The minimum Gasteiger partial charge on any atom is -0.387 e. The number of nitrogens with two attached hydrogens (primary N) is 1. The third-order valence-electron chi connectivity index (χ3n) is 4.26. The molecule has 0 unspecified atom stereocenters. The number of hydrogen-bond acceptors (Lipinski definition) is 4. The van der Waals surface area contributed by atoms with Crippen LogP contribution in [-0.2, 0) is 4.79 Å². The van der Waals surface area contributed by atoms with Crippen LogP contribution in [0, 0.1) is 12.8 Å². The lowest BCUT2D eigenvalue weighted by Gasteiger charge is -2.34. The summed E-state index contributed by atoms with van der Waals surface area (Å²) in [7, 11) is 0. The van der Waals surface area contributed by atoms with Crippen molar-refractivity contribution in [1.82, 2.24) is 4.90 Å². The van der Waals surface area contributed by atoms with Crippen LogP contribution in [0.25, 0.3) is 0 Å². The molecule has 1 aliphatic heterocycles. The normalized spacial score (nSPS) is 20.1. The highest BCUT2D eigenvalue weighted by atomic mass is 16.3. The van der Waals surface area contributed by atoms with Crippen molar-refractivity contribution >= 4 is 5.91 Å². The van der Waals surface area contributed by atoms with Crippen LogP contribution in [-0.4, -0.2) is 46.8 Å². The first-order chi connectivity index (χ1) is 9.97. The SMILES string of the molecule is Cc1ccc([C@H](O)CN2CCC([C@@H](O)C(N)=O)CC2)cc1. The third kappa shape index (κ3) is 4.27. The maximum absolute atomic E-state index is 11.0. The predicted octanol–water partition coefficient (Wildman–Crippen LogP) is 0.587. The number of aliphatic hydroxyl groups is 2. The van der Waals surface area contributed by atoms with Crippen LogP contribution in [0.15, 0.2) is 24.3 Å². The van der Waals surface area contributed by atoms with E-state index in [9.17, 15) is 15.0 Å². The number of carbonyl (C=O) groups excluding carboxylic acids is 1. The van der Waals surface area contributed by atoms with Crippen LogP contribution in [0.5, 0.6) is 0 Å². The lowest BCUT2D eigenvalue weighted by atomic mass is 9.90. The van der Waals surface area contributed by atoms with Gasteiger partial charge in [0.15, 0.2) is 0 Å². The van der Waals surface area contributed by atoms with Crippen LogP contribution in [0.4, 0.5) is 0 Å². The summed E-state index contributed by atoms with van der Waals surface area (Å²) in [5.41, 5.74) is 7.22. The van der Waals surface area contributed by atoms with Gasteiger partial charge in [0.25, 0.3) is 0 Å². The number of aryl methyl sites for hydroxylation is 1. The van der Waals surface area contributed by atoms with Gasteiger partial charge in [-0.15, -0.1) is 0 Å². The second kappa shape index (κ2) is 7.02. The highest BCUT2D eigenvalue weighted by molar-refractivity contribution is 5.78. The molecule has 0 aromatic heterocycles. The zero-order chi connectivity index (χ0) is 15.4. The molecule has 0 spiro atoms. The first kappa shape index (κ1) is 15.9. The molecule has 1 heterocycles. The van der Waals surface area contributed by atoms with Crippen LogP contribution >= 0.6 is 0 Å². The minimum atomic E-state index is -1.05. The highest BCUT2D eigenvalue weighted by Gasteiger charge is 2.29. The van der Waals surface area contributed by atoms with Crippen LogP contribution < -0.4 is 5.73 Å². The Balaban J connectivity index is 1.83. The monoisotopic (exact) mass is 292 g/mol. The molecule has 1 aromatic rings. The average Bonchev–Trinajstić information content (AvgIpc) is 2.47. The number of nitrogens with zero attached hydrogens (tertiary/aromatic N) is 1. The van der Waals surface area contributed by atoms with Gasteiger partial charge in [0.2, 0.25) is 5.91 Å². The van der Waals surface area contributed by atoms with E-state index < -0.39 is 18.1 Å². The fourth-order valence-electron chi connectivity index (χ4n) is 2.82. The van der Waals surface area contributed by atoms with Gasteiger partial charge >= 0.3 is 0 Å². The van der Waals surface area contributed by atoms with E-state index in [-0.39, 0.29) is 5.92 Å². The Morgan fingerprint density at radius 2 is 1.86 bits per heavy atom. The summed E-state index contributed by atoms with van der Waals surface area (Å²) < 4.78 is 0. The Bertz CT molecular complexity index is 467. The Kier molecular flexibility index (Phi) is 5.33. The molecule has 0 bridgehead atoms. The van der Waals surface area contributed by atoms with Crippen LogP contribution in [0.3, 0.4) is 0 Å². The quantitative estimate of drug-likeness (QED) is 0.741. The Morgan fingerprint density at radius 1 is 1.29 bits per heavy atom. The molecule has 2 atom stereocenters. The number of primary amides is 1. The molecule has 1 saturated heterocycles. The third-order valence-corrected chi connectivity index (χ3v) is 4.26. The maximum Gasteiger partial charge on any atom is 0.246 e. The number of carbonyl (C=O) groups is 1. The van der Waals surface area contributed by atoms with Crippen molar-refractivity contribution in [3.63, 3.8) is 0 Å². The molecule has 1 aliphatic rings. The Hall–Kier alpha value is -1.43. The summed E-state index contributed by atoms with van der Waals surface area (Å²) >= 11 is 0. The second-order valence-electron chi connectivity index (χ2n) is 5.91. The van der Waals surface area contributed by atoms with Gasteiger partial charge in [-0.1, -0.05) is 29.8 Å². The molecule has 1 amide bonds. The highest BCUT2D eigenvalue weighted by Crippen LogP contribution is 2.23.